The van der Waals surface area contributed by atoms with Crippen LogP contribution in [0.2, 0.25) is 0 Å². The van der Waals surface area contributed by atoms with Crippen LogP contribution in [0.3, 0.4) is 0 Å². The Hall–Kier alpha value is -1.54. The maximum absolute atomic E-state index is 13.0. The maximum Gasteiger partial charge on any atom is 0.265 e. The van der Waals surface area contributed by atoms with Gasteiger partial charge >= 0.3 is 0 Å². The normalized spacial score (nSPS) is 24.8. The zero-order valence-corrected chi connectivity index (χ0v) is 18.7. The largest absolute Gasteiger partial charge is 0.351 e. The molecular weight excluding hydrogens is 438 g/mol. The van der Waals surface area contributed by atoms with E-state index in [1.807, 2.05) is 12.1 Å². The molecule has 1 aromatic heterocycles. The third-order valence-electron chi connectivity index (χ3n) is 5.61. The Morgan fingerprint density at radius 1 is 1.36 bits per heavy atom. The Morgan fingerprint density at radius 2 is 2.21 bits per heavy atom. The van der Waals surface area contributed by atoms with Crippen LogP contribution >= 0.6 is 27.9 Å². The second-order valence-electron chi connectivity index (χ2n) is 8.23. The van der Waals surface area contributed by atoms with Crippen molar-refractivity contribution in [3.8, 4) is 0 Å². The van der Waals surface area contributed by atoms with Crippen LogP contribution in [0.5, 0.6) is 0 Å². The average Bonchev–Trinajstić information content (AvgIpc) is 2.97. The lowest BCUT2D eigenvalue weighted by atomic mass is 9.93. The second kappa shape index (κ2) is 8.06. The van der Waals surface area contributed by atoms with Gasteiger partial charge in [-0.25, -0.2) is 4.98 Å². The van der Waals surface area contributed by atoms with E-state index in [-0.39, 0.29) is 11.4 Å². The van der Waals surface area contributed by atoms with Crippen LogP contribution in [0.1, 0.15) is 56.3 Å². The number of halogens is 1. The van der Waals surface area contributed by atoms with E-state index in [1.54, 1.807) is 0 Å². The first-order valence-electron chi connectivity index (χ1n) is 9.84. The van der Waals surface area contributed by atoms with E-state index in [9.17, 15) is 4.79 Å². The molecule has 1 aromatic rings. The molecule has 0 spiro atoms. The zero-order chi connectivity index (χ0) is 19.7. The molecule has 2 N–H and O–H groups in total. The van der Waals surface area contributed by atoms with E-state index in [0.717, 1.165) is 66.5 Å². The van der Waals surface area contributed by atoms with Crippen molar-refractivity contribution in [1.29, 1.82) is 0 Å². The molecule has 0 saturated carbocycles. The minimum absolute atomic E-state index is 0.0375. The SMILES string of the molecule is CC1(C)CC2CCCN=C3CCC=C(N3)SNC(=O)c3ccc(Br)nc3N1C2. The number of aliphatic imine (C=N–C) groups is 1. The van der Waals surface area contributed by atoms with Crippen LogP contribution in [0.25, 0.3) is 0 Å². The van der Waals surface area contributed by atoms with Crippen LogP contribution < -0.4 is 14.9 Å². The molecule has 28 heavy (non-hydrogen) atoms. The molecule has 150 valence electrons. The molecule has 3 aliphatic rings. The number of hydrogen-bond acceptors (Lipinski definition) is 6. The molecule has 1 unspecified atom stereocenters. The first-order valence-corrected chi connectivity index (χ1v) is 11.5. The van der Waals surface area contributed by atoms with Gasteiger partial charge < -0.3 is 10.2 Å². The Balaban J connectivity index is 1.69. The van der Waals surface area contributed by atoms with Gasteiger partial charge in [-0.3, -0.25) is 14.5 Å². The summed E-state index contributed by atoms with van der Waals surface area (Å²) in [6, 6.07) is 3.69. The van der Waals surface area contributed by atoms with Gasteiger partial charge in [0.1, 0.15) is 16.3 Å². The molecule has 1 atom stereocenters. The Labute approximate surface area is 178 Å². The Kier molecular flexibility index (Phi) is 5.69. The Morgan fingerprint density at radius 3 is 3.07 bits per heavy atom. The highest BCUT2D eigenvalue weighted by Crippen LogP contribution is 2.39. The van der Waals surface area contributed by atoms with E-state index in [0.29, 0.717) is 11.5 Å². The quantitative estimate of drug-likeness (QED) is 0.444. The highest BCUT2D eigenvalue weighted by molar-refractivity contribution is 9.10. The molecule has 4 bridgehead atoms. The number of nitrogens with one attached hydrogen (secondary N) is 2. The van der Waals surface area contributed by atoms with Crippen molar-refractivity contribution in [3.05, 3.63) is 33.4 Å². The summed E-state index contributed by atoms with van der Waals surface area (Å²) in [6.07, 6.45) is 7.31. The lowest BCUT2D eigenvalue weighted by molar-refractivity contribution is 0.0984. The fraction of sp³-hybridized carbons (Fsp3) is 0.550. The van der Waals surface area contributed by atoms with Gasteiger partial charge in [0.05, 0.1) is 10.6 Å². The fourth-order valence-corrected chi connectivity index (χ4v) is 5.28. The summed E-state index contributed by atoms with van der Waals surface area (Å²) in [7, 11) is 0. The molecular formula is C20H26BrN5OS. The van der Waals surface area contributed by atoms with Crippen LogP contribution in [-0.4, -0.2) is 35.4 Å². The number of pyridine rings is 1. The third kappa shape index (κ3) is 4.22. The first kappa shape index (κ1) is 19.8. The van der Waals surface area contributed by atoms with Crippen molar-refractivity contribution in [2.75, 3.05) is 18.0 Å². The number of anilines is 1. The molecule has 4 rings (SSSR count). The van der Waals surface area contributed by atoms with Crippen LogP contribution in [0.15, 0.2) is 32.8 Å². The minimum atomic E-state index is -0.124. The molecule has 3 aliphatic heterocycles. The number of carbonyl (C=O) groups is 1. The summed E-state index contributed by atoms with van der Waals surface area (Å²) in [5.74, 6) is 2.24. The number of amidine groups is 1. The molecule has 0 radical (unpaired) electrons. The van der Waals surface area contributed by atoms with Gasteiger partial charge in [-0.05, 0) is 73.5 Å². The molecule has 8 heteroatoms. The molecule has 1 saturated heterocycles. The van der Waals surface area contributed by atoms with Gasteiger partial charge in [0.15, 0.2) is 0 Å². The Bertz CT molecular complexity index is 838. The van der Waals surface area contributed by atoms with Gasteiger partial charge in [-0.1, -0.05) is 6.08 Å². The molecule has 4 heterocycles. The summed E-state index contributed by atoms with van der Waals surface area (Å²) in [6.45, 7) is 6.26. The van der Waals surface area contributed by atoms with Gasteiger partial charge in [0.25, 0.3) is 5.91 Å². The number of carbonyl (C=O) groups excluding carboxylic acids is 1. The summed E-state index contributed by atoms with van der Waals surface area (Å²) < 4.78 is 3.73. The highest BCUT2D eigenvalue weighted by atomic mass is 79.9. The number of aromatic nitrogens is 1. The lowest BCUT2D eigenvalue weighted by Crippen LogP contribution is -2.40. The number of nitrogens with zero attached hydrogens (tertiary/aromatic N) is 3. The van der Waals surface area contributed by atoms with Crippen molar-refractivity contribution in [2.24, 2.45) is 10.9 Å². The summed E-state index contributed by atoms with van der Waals surface area (Å²) in [5.41, 5.74) is 0.578. The number of amides is 1. The standard InChI is InChI=1S/C20H26BrN5OS/c1-20(2)11-13-5-4-10-22-16-6-3-7-17(24-16)28-25-19(27)14-8-9-15(21)23-18(14)26(20)12-13/h7-9,13H,3-6,10-12H2,1-2H3,(H,22,24)(H,25,27). The van der Waals surface area contributed by atoms with Gasteiger partial charge in [0, 0.05) is 37.0 Å². The van der Waals surface area contributed by atoms with Crippen LogP contribution in [0, 0.1) is 5.92 Å². The predicted molar refractivity (Wildman–Crippen MR) is 119 cm³/mol. The maximum atomic E-state index is 13.0. The van der Waals surface area contributed by atoms with Crippen molar-refractivity contribution < 1.29 is 4.79 Å². The number of hydrogen-bond donors (Lipinski definition) is 2. The average molecular weight is 464 g/mol. The zero-order valence-electron chi connectivity index (χ0n) is 16.3. The summed E-state index contributed by atoms with van der Waals surface area (Å²) in [5, 5.41) is 4.28. The van der Waals surface area contributed by atoms with Crippen molar-refractivity contribution >= 4 is 45.4 Å². The van der Waals surface area contributed by atoms with Crippen molar-refractivity contribution in [2.45, 2.75) is 51.5 Å². The van der Waals surface area contributed by atoms with E-state index in [1.165, 1.54) is 11.9 Å². The van der Waals surface area contributed by atoms with E-state index < -0.39 is 0 Å². The number of rotatable bonds is 0. The first-order chi connectivity index (χ1) is 13.4. The van der Waals surface area contributed by atoms with E-state index >= 15 is 0 Å². The predicted octanol–water partition coefficient (Wildman–Crippen LogP) is 4.24. The van der Waals surface area contributed by atoms with Crippen molar-refractivity contribution in [1.82, 2.24) is 15.0 Å². The summed E-state index contributed by atoms with van der Waals surface area (Å²) in [4.78, 5) is 24.8. The second-order valence-corrected chi connectivity index (χ2v) is 9.89. The van der Waals surface area contributed by atoms with E-state index in [2.05, 4.69) is 50.8 Å². The molecule has 0 aliphatic carbocycles. The molecule has 1 fully saturated rings. The van der Waals surface area contributed by atoms with Crippen molar-refractivity contribution in [3.63, 3.8) is 0 Å². The van der Waals surface area contributed by atoms with E-state index in [4.69, 9.17) is 9.98 Å². The molecule has 6 nitrogen and oxygen atoms in total. The van der Waals surface area contributed by atoms with Crippen LogP contribution in [0.4, 0.5) is 5.82 Å². The summed E-state index contributed by atoms with van der Waals surface area (Å²) >= 11 is 4.80. The fourth-order valence-electron chi connectivity index (χ4n) is 4.29. The molecule has 1 amide bonds. The topological polar surface area (TPSA) is 69.6 Å². The smallest absolute Gasteiger partial charge is 0.265 e. The monoisotopic (exact) mass is 463 g/mol. The van der Waals surface area contributed by atoms with Gasteiger partial charge in [-0.2, -0.15) is 0 Å². The molecule has 0 aromatic carbocycles. The number of allylic oxidation sites excluding steroid dienone is 1. The number of fused-ring (bicyclic) bond motifs is 6. The van der Waals surface area contributed by atoms with Gasteiger partial charge in [-0.15, -0.1) is 0 Å². The highest BCUT2D eigenvalue weighted by Gasteiger charge is 2.40. The van der Waals surface area contributed by atoms with Crippen LogP contribution in [-0.2, 0) is 0 Å². The lowest BCUT2D eigenvalue weighted by Gasteiger charge is -2.33. The van der Waals surface area contributed by atoms with Gasteiger partial charge in [0.2, 0.25) is 0 Å². The minimum Gasteiger partial charge on any atom is -0.351 e. The third-order valence-corrected chi connectivity index (χ3v) is 6.82.